The molecule has 1 N–H and O–H groups in total. The minimum atomic E-state index is -0.292. The molecule has 1 aromatic carbocycles. The Morgan fingerprint density at radius 1 is 1.27 bits per heavy atom. The molecule has 1 atom stereocenters. The Morgan fingerprint density at radius 3 is 2.92 bits per heavy atom. The number of benzene rings is 1. The minimum Gasteiger partial charge on any atom is -0.336 e. The summed E-state index contributed by atoms with van der Waals surface area (Å²) in [5.41, 5.74) is 0. The number of thiophene rings is 1. The van der Waals surface area contributed by atoms with E-state index in [9.17, 15) is 14.0 Å². The molecule has 0 radical (unpaired) electrons. The molecule has 2 fully saturated rings. The summed E-state index contributed by atoms with van der Waals surface area (Å²) in [6, 6.07) is 6.45. The molecule has 2 aromatic rings. The van der Waals surface area contributed by atoms with E-state index in [0.29, 0.717) is 31.1 Å². The van der Waals surface area contributed by atoms with E-state index >= 15 is 0 Å². The van der Waals surface area contributed by atoms with E-state index in [1.165, 1.54) is 23.5 Å². The molecule has 26 heavy (non-hydrogen) atoms. The Labute approximate surface area is 161 Å². The number of hydrogen-bond acceptors (Lipinski definition) is 4. The second-order valence-electron chi connectivity index (χ2n) is 6.60. The Balaban J connectivity index is 0.00000196. The largest absolute Gasteiger partial charge is 0.336 e. The fraction of sp³-hybridized carbons (Fsp3) is 0.444. The second kappa shape index (κ2) is 7.90. The first-order chi connectivity index (χ1) is 12.1. The van der Waals surface area contributed by atoms with Crippen LogP contribution in [0.5, 0.6) is 0 Å². The van der Waals surface area contributed by atoms with Gasteiger partial charge in [0.2, 0.25) is 5.91 Å². The van der Waals surface area contributed by atoms with E-state index in [1.807, 2.05) is 9.80 Å². The van der Waals surface area contributed by atoms with Gasteiger partial charge in [0.15, 0.2) is 0 Å². The fourth-order valence-corrected chi connectivity index (χ4v) is 4.69. The van der Waals surface area contributed by atoms with Gasteiger partial charge >= 0.3 is 0 Å². The van der Waals surface area contributed by atoms with E-state index in [-0.39, 0.29) is 36.1 Å². The molecule has 5 nitrogen and oxygen atoms in total. The zero-order valence-electron chi connectivity index (χ0n) is 14.2. The van der Waals surface area contributed by atoms with Gasteiger partial charge in [0, 0.05) is 36.9 Å². The third-order valence-electron chi connectivity index (χ3n) is 4.94. The van der Waals surface area contributed by atoms with Crippen LogP contribution in [-0.2, 0) is 4.79 Å². The zero-order chi connectivity index (χ0) is 17.4. The molecular weight excluding hydrogens is 377 g/mol. The number of piperazine rings is 1. The maximum absolute atomic E-state index is 13.4. The van der Waals surface area contributed by atoms with Gasteiger partial charge in [-0.05, 0) is 42.5 Å². The molecule has 140 valence electrons. The standard InChI is InChI=1S/C18H20FN3O2S.ClH/c19-13-3-4-15-12(8-13)9-16(25-15)18(24)21-6-1-2-14(11-21)22-7-5-20-10-17(22)23;/h3-4,8-9,14,20H,1-2,5-7,10-11H2;1H. The maximum atomic E-state index is 13.4. The Bertz CT molecular complexity index is 828. The van der Waals surface area contributed by atoms with Crippen LogP contribution in [0.15, 0.2) is 24.3 Å². The molecule has 2 aliphatic rings. The number of hydrogen-bond donors (Lipinski definition) is 1. The number of halogens is 2. The van der Waals surface area contributed by atoms with Gasteiger partial charge < -0.3 is 15.1 Å². The van der Waals surface area contributed by atoms with Crippen molar-refractivity contribution >= 4 is 45.6 Å². The molecule has 2 amide bonds. The van der Waals surface area contributed by atoms with Crippen molar-refractivity contribution in [3.05, 3.63) is 35.0 Å². The summed E-state index contributed by atoms with van der Waals surface area (Å²) in [6.07, 6.45) is 1.83. The molecule has 3 heterocycles. The summed E-state index contributed by atoms with van der Waals surface area (Å²) in [6.45, 7) is 3.17. The fourth-order valence-electron chi connectivity index (χ4n) is 3.68. The SMILES string of the molecule is Cl.O=C(c1cc2cc(F)ccc2s1)N1CCCC(N2CCNCC2=O)C1. The third kappa shape index (κ3) is 3.70. The van der Waals surface area contributed by atoms with Crippen molar-refractivity contribution in [3.63, 3.8) is 0 Å². The Kier molecular flexibility index (Phi) is 5.79. The van der Waals surface area contributed by atoms with Gasteiger partial charge in [0.1, 0.15) is 5.82 Å². The van der Waals surface area contributed by atoms with Crippen molar-refractivity contribution in [2.75, 3.05) is 32.7 Å². The summed E-state index contributed by atoms with van der Waals surface area (Å²) in [7, 11) is 0. The van der Waals surface area contributed by atoms with Crippen molar-refractivity contribution in [2.24, 2.45) is 0 Å². The minimum absolute atomic E-state index is 0. The number of carbonyl (C=O) groups excluding carboxylic acids is 2. The summed E-state index contributed by atoms with van der Waals surface area (Å²) < 4.78 is 14.3. The first kappa shape index (κ1) is 19.1. The van der Waals surface area contributed by atoms with Gasteiger partial charge in [0.05, 0.1) is 11.4 Å². The number of nitrogens with one attached hydrogen (secondary N) is 1. The lowest BCUT2D eigenvalue weighted by Gasteiger charge is -2.41. The lowest BCUT2D eigenvalue weighted by atomic mass is 10.0. The molecule has 0 aliphatic carbocycles. The second-order valence-corrected chi connectivity index (χ2v) is 7.69. The van der Waals surface area contributed by atoms with Gasteiger partial charge in [-0.3, -0.25) is 9.59 Å². The first-order valence-corrected chi connectivity index (χ1v) is 9.42. The molecule has 0 spiro atoms. The van der Waals surface area contributed by atoms with Crippen LogP contribution in [0.3, 0.4) is 0 Å². The van der Waals surface area contributed by atoms with Gasteiger partial charge in [-0.15, -0.1) is 23.7 Å². The van der Waals surface area contributed by atoms with E-state index in [0.717, 1.165) is 29.5 Å². The Morgan fingerprint density at radius 2 is 2.12 bits per heavy atom. The van der Waals surface area contributed by atoms with Crippen molar-refractivity contribution in [1.82, 2.24) is 15.1 Å². The number of amides is 2. The number of piperidine rings is 1. The normalized spacial score (nSPS) is 21.0. The molecule has 2 aliphatic heterocycles. The number of rotatable bonds is 2. The van der Waals surface area contributed by atoms with Gasteiger partial charge in [-0.1, -0.05) is 0 Å². The molecule has 8 heteroatoms. The summed E-state index contributed by atoms with van der Waals surface area (Å²) in [4.78, 5) is 29.4. The first-order valence-electron chi connectivity index (χ1n) is 8.60. The van der Waals surface area contributed by atoms with Crippen LogP contribution in [0.1, 0.15) is 22.5 Å². The predicted octanol–water partition coefficient (Wildman–Crippen LogP) is 2.50. The third-order valence-corrected chi connectivity index (χ3v) is 6.04. The molecule has 0 saturated carbocycles. The average Bonchev–Trinajstić information content (AvgIpc) is 3.04. The van der Waals surface area contributed by atoms with Gasteiger partial charge in [0.25, 0.3) is 5.91 Å². The maximum Gasteiger partial charge on any atom is 0.264 e. The van der Waals surface area contributed by atoms with Crippen molar-refractivity contribution in [1.29, 1.82) is 0 Å². The van der Waals surface area contributed by atoms with Crippen molar-refractivity contribution in [2.45, 2.75) is 18.9 Å². The monoisotopic (exact) mass is 397 g/mol. The van der Waals surface area contributed by atoms with Crippen LogP contribution in [0.25, 0.3) is 10.1 Å². The number of likely N-dealkylation sites (tertiary alicyclic amines) is 1. The number of nitrogens with zero attached hydrogens (tertiary/aromatic N) is 2. The average molecular weight is 398 g/mol. The van der Waals surface area contributed by atoms with E-state index in [2.05, 4.69) is 5.32 Å². The molecule has 2 saturated heterocycles. The highest BCUT2D eigenvalue weighted by Crippen LogP contribution is 2.28. The molecule has 4 rings (SSSR count). The van der Waals surface area contributed by atoms with Crippen LogP contribution < -0.4 is 5.32 Å². The highest BCUT2D eigenvalue weighted by atomic mass is 35.5. The lowest BCUT2D eigenvalue weighted by Crippen LogP contribution is -2.57. The van der Waals surface area contributed by atoms with Crippen LogP contribution in [-0.4, -0.2) is 60.4 Å². The van der Waals surface area contributed by atoms with Crippen molar-refractivity contribution < 1.29 is 14.0 Å². The van der Waals surface area contributed by atoms with E-state index in [4.69, 9.17) is 0 Å². The van der Waals surface area contributed by atoms with Crippen LogP contribution >= 0.6 is 23.7 Å². The number of fused-ring (bicyclic) bond motifs is 1. The lowest BCUT2D eigenvalue weighted by molar-refractivity contribution is -0.135. The highest BCUT2D eigenvalue weighted by molar-refractivity contribution is 7.20. The summed E-state index contributed by atoms with van der Waals surface area (Å²) in [5, 5.41) is 3.85. The molecule has 1 unspecified atom stereocenters. The van der Waals surface area contributed by atoms with E-state index < -0.39 is 0 Å². The van der Waals surface area contributed by atoms with E-state index in [1.54, 1.807) is 12.1 Å². The van der Waals surface area contributed by atoms with Gasteiger partial charge in [-0.2, -0.15) is 0 Å². The predicted molar refractivity (Wildman–Crippen MR) is 103 cm³/mol. The quantitative estimate of drug-likeness (QED) is 0.847. The number of carbonyl (C=O) groups is 2. The van der Waals surface area contributed by atoms with Crippen LogP contribution in [0, 0.1) is 5.82 Å². The van der Waals surface area contributed by atoms with Crippen molar-refractivity contribution in [3.8, 4) is 0 Å². The van der Waals surface area contributed by atoms with Gasteiger partial charge in [-0.25, -0.2) is 4.39 Å². The Hall–Kier alpha value is -1.70. The highest BCUT2D eigenvalue weighted by Gasteiger charge is 2.32. The molecule has 1 aromatic heterocycles. The molecule has 0 bridgehead atoms. The molecular formula is C18H21ClFN3O2S. The topological polar surface area (TPSA) is 52.7 Å². The zero-order valence-corrected chi connectivity index (χ0v) is 15.9. The smallest absolute Gasteiger partial charge is 0.264 e. The summed E-state index contributed by atoms with van der Waals surface area (Å²) >= 11 is 1.40. The van der Waals surface area contributed by atoms with Crippen LogP contribution in [0.4, 0.5) is 4.39 Å². The summed E-state index contributed by atoms with van der Waals surface area (Å²) in [5.74, 6) is -0.198. The van der Waals surface area contributed by atoms with Crippen LogP contribution in [0.2, 0.25) is 0 Å².